The molecule has 27 heavy (non-hydrogen) atoms. The largest absolute Gasteiger partial charge is 0.497 e. The van der Waals surface area contributed by atoms with E-state index in [1.807, 2.05) is 6.92 Å². The molecule has 1 saturated heterocycles. The SMILES string of the molecule is COc1ccc(NC(=O)c2ccc(NC(=O)C(C)C3CNC3)cc2)cc1.Cl. The fraction of sp³-hybridized carbons (Fsp3) is 0.300. The van der Waals surface area contributed by atoms with Gasteiger partial charge < -0.3 is 20.7 Å². The minimum Gasteiger partial charge on any atom is -0.497 e. The Balaban J connectivity index is 0.00000261. The fourth-order valence-electron chi connectivity index (χ4n) is 2.72. The van der Waals surface area contributed by atoms with Crippen LogP contribution in [0.3, 0.4) is 0 Å². The lowest BCUT2D eigenvalue weighted by Gasteiger charge is -2.31. The molecule has 2 aromatic carbocycles. The Morgan fingerprint density at radius 3 is 2.07 bits per heavy atom. The van der Waals surface area contributed by atoms with Crippen LogP contribution in [0, 0.1) is 11.8 Å². The Morgan fingerprint density at radius 2 is 1.56 bits per heavy atom. The summed E-state index contributed by atoms with van der Waals surface area (Å²) in [5, 5.41) is 8.91. The van der Waals surface area contributed by atoms with Crippen molar-refractivity contribution in [2.24, 2.45) is 11.8 Å². The van der Waals surface area contributed by atoms with Crippen LogP contribution in [0.25, 0.3) is 0 Å². The van der Waals surface area contributed by atoms with E-state index in [4.69, 9.17) is 4.74 Å². The van der Waals surface area contributed by atoms with Crippen molar-refractivity contribution in [3.63, 3.8) is 0 Å². The Morgan fingerprint density at radius 1 is 1.00 bits per heavy atom. The second-order valence-electron chi connectivity index (χ2n) is 6.46. The maximum absolute atomic E-state index is 12.3. The summed E-state index contributed by atoms with van der Waals surface area (Å²) in [7, 11) is 1.60. The highest BCUT2D eigenvalue weighted by molar-refractivity contribution is 6.04. The summed E-state index contributed by atoms with van der Waals surface area (Å²) in [6.07, 6.45) is 0. The maximum atomic E-state index is 12.3. The second kappa shape index (κ2) is 9.39. The van der Waals surface area contributed by atoms with Crippen LogP contribution < -0.4 is 20.7 Å². The summed E-state index contributed by atoms with van der Waals surface area (Å²) in [5.74, 6) is 0.891. The van der Waals surface area contributed by atoms with Crippen LogP contribution in [0.4, 0.5) is 11.4 Å². The first-order chi connectivity index (χ1) is 12.6. The number of amides is 2. The number of anilines is 2. The molecule has 0 aliphatic carbocycles. The highest BCUT2D eigenvalue weighted by Gasteiger charge is 2.28. The Labute approximate surface area is 165 Å². The van der Waals surface area contributed by atoms with Gasteiger partial charge in [-0.1, -0.05) is 6.92 Å². The van der Waals surface area contributed by atoms with Gasteiger partial charge in [0.15, 0.2) is 0 Å². The molecular formula is C20H24ClN3O3. The number of benzene rings is 2. The van der Waals surface area contributed by atoms with Crippen LogP contribution in [0.2, 0.25) is 0 Å². The molecule has 6 nitrogen and oxygen atoms in total. The Kier molecular flexibility index (Phi) is 7.21. The zero-order valence-electron chi connectivity index (χ0n) is 15.3. The molecule has 0 bridgehead atoms. The van der Waals surface area contributed by atoms with Gasteiger partial charge in [-0.25, -0.2) is 0 Å². The van der Waals surface area contributed by atoms with E-state index in [0.717, 1.165) is 18.8 Å². The van der Waals surface area contributed by atoms with Gasteiger partial charge in [-0.15, -0.1) is 12.4 Å². The van der Waals surface area contributed by atoms with Crippen molar-refractivity contribution in [3.8, 4) is 5.75 Å². The molecule has 1 aliphatic rings. The minimum absolute atomic E-state index is 0. The molecule has 2 amide bonds. The molecule has 0 saturated carbocycles. The quantitative estimate of drug-likeness (QED) is 0.709. The van der Waals surface area contributed by atoms with E-state index in [1.54, 1.807) is 55.6 Å². The Hall–Kier alpha value is -2.57. The van der Waals surface area contributed by atoms with Crippen LogP contribution in [0.1, 0.15) is 17.3 Å². The number of carbonyl (C=O) groups is 2. The fourth-order valence-corrected chi connectivity index (χ4v) is 2.72. The lowest BCUT2D eigenvalue weighted by molar-refractivity contribution is -0.121. The Bertz CT molecular complexity index is 774. The summed E-state index contributed by atoms with van der Waals surface area (Å²) in [5.41, 5.74) is 1.90. The zero-order valence-corrected chi connectivity index (χ0v) is 16.1. The van der Waals surface area contributed by atoms with Crippen LogP contribution in [0.5, 0.6) is 5.75 Å². The molecule has 0 spiro atoms. The molecule has 7 heteroatoms. The number of methoxy groups -OCH3 is 1. The number of halogens is 1. The molecule has 1 heterocycles. The summed E-state index contributed by atoms with van der Waals surface area (Å²) in [6.45, 7) is 3.72. The van der Waals surface area contributed by atoms with Gasteiger partial charge in [0.25, 0.3) is 5.91 Å². The highest BCUT2D eigenvalue weighted by atomic mass is 35.5. The summed E-state index contributed by atoms with van der Waals surface area (Å²) >= 11 is 0. The van der Waals surface area contributed by atoms with E-state index in [0.29, 0.717) is 22.9 Å². The van der Waals surface area contributed by atoms with Crippen molar-refractivity contribution in [1.82, 2.24) is 5.32 Å². The number of hydrogen-bond donors (Lipinski definition) is 3. The number of carbonyl (C=O) groups excluding carboxylic acids is 2. The summed E-state index contributed by atoms with van der Waals surface area (Å²) < 4.78 is 5.10. The van der Waals surface area contributed by atoms with E-state index >= 15 is 0 Å². The lowest BCUT2D eigenvalue weighted by atomic mass is 9.88. The lowest BCUT2D eigenvalue weighted by Crippen LogP contribution is -2.48. The molecule has 1 aliphatic heterocycles. The van der Waals surface area contributed by atoms with Gasteiger partial charge >= 0.3 is 0 Å². The minimum atomic E-state index is -0.207. The van der Waals surface area contributed by atoms with E-state index in [-0.39, 0.29) is 30.1 Å². The van der Waals surface area contributed by atoms with Gasteiger partial charge in [-0.2, -0.15) is 0 Å². The zero-order chi connectivity index (χ0) is 18.5. The van der Waals surface area contributed by atoms with E-state index in [1.165, 1.54) is 0 Å². The van der Waals surface area contributed by atoms with Gasteiger partial charge in [0.05, 0.1) is 7.11 Å². The average Bonchev–Trinajstić information content (AvgIpc) is 2.61. The summed E-state index contributed by atoms with van der Waals surface area (Å²) in [6, 6.07) is 14.0. The molecule has 144 valence electrons. The standard InChI is InChI=1S/C20H23N3O3.ClH/c1-13(15-11-21-12-15)19(24)22-16-5-3-14(4-6-16)20(25)23-17-7-9-18(26-2)10-8-17;/h3-10,13,15,21H,11-12H2,1-2H3,(H,22,24)(H,23,25);1H. The summed E-state index contributed by atoms with van der Waals surface area (Å²) in [4.78, 5) is 24.5. The first kappa shape index (κ1) is 20.7. The monoisotopic (exact) mass is 389 g/mol. The van der Waals surface area contributed by atoms with Crippen LogP contribution in [0.15, 0.2) is 48.5 Å². The van der Waals surface area contributed by atoms with Crippen molar-refractivity contribution >= 4 is 35.6 Å². The number of hydrogen-bond acceptors (Lipinski definition) is 4. The third-order valence-electron chi connectivity index (χ3n) is 4.70. The van der Waals surface area contributed by atoms with E-state index in [2.05, 4.69) is 16.0 Å². The maximum Gasteiger partial charge on any atom is 0.255 e. The van der Waals surface area contributed by atoms with Crippen molar-refractivity contribution < 1.29 is 14.3 Å². The second-order valence-corrected chi connectivity index (χ2v) is 6.46. The van der Waals surface area contributed by atoms with Gasteiger partial charge in [-0.05, 0) is 67.5 Å². The normalized spacial score (nSPS) is 14.3. The van der Waals surface area contributed by atoms with Crippen molar-refractivity contribution in [1.29, 1.82) is 0 Å². The predicted molar refractivity (Wildman–Crippen MR) is 109 cm³/mol. The smallest absolute Gasteiger partial charge is 0.255 e. The highest BCUT2D eigenvalue weighted by Crippen LogP contribution is 2.19. The molecule has 1 fully saturated rings. The third-order valence-corrected chi connectivity index (χ3v) is 4.70. The first-order valence-electron chi connectivity index (χ1n) is 8.64. The number of rotatable bonds is 6. The molecule has 3 N–H and O–H groups in total. The molecular weight excluding hydrogens is 366 g/mol. The molecule has 1 unspecified atom stereocenters. The van der Waals surface area contributed by atoms with Gasteiger partial charge in [-0.3, -0.25) is 9.59 Å². The van der Waals surface area contributed by atoms with Crippen LogP contribution >= 0.6 is 12.4 Å². The topological polar surface area (TPSA) is 79.5 Å². The molecule has 2 aromatic rings. The van der Waals surface area contributed by atoms with Gasteiger partial charge in [0, 0.05) is 22.9 Å². The van der Waals surface area contributed by atoms with Crippen molar-refractivity contribution in [3.05, 3.63) is 54.1 Å². The molecule has 1 atom stereocenters. The van der Waals surface area contributed by atoms with Gasteiger partial charge in [0.1, 0.15) is 5.75 Å². The molecule has 0 aromatic heterocycles. The van der Waals surface area contributed by atoms with Crippen molar-refractivity contribution in [2.45, 2.75) is 6.92 Å². The number of nitrogens with one attached hydrogen (secondary N) is 3. The van der Waals surface area contributed by atoms with Crippen LogP contribution in [-0.2, 0) is 4.79 Å². The molecule has 3 rings (SSSR count). The van der Waals surface area contributed by atoms with Crippen LogP contribution in [-0.4, -0.2) is 32.0 Å². The van der Waals surface area contributed by atoms with E-state index < -0.39 is 0 Å². The average molecular weight is 390 g/mol. The predicted octanol–water partition coefficient (Wildman–Crippen LogP) is 3.16. The van der Waals surface area contributed by atoms with Crippen molar-refractivity contribution in [2.75, 3.05) is 30.8 Å². The molecule has 0 radical (unpaired) electrons. The van der Waals surface area contributed by atoms with E-state index in [9.17, 15) is 9.59 Å². The first-order valence-corrected chi connectivity index (χ1v) is 8.64. The van der Waals surface area contributed by atoms with Gasteiger partial charge in [0.2, 0.25) is 5.91 Å². The number of ether oxygens (including phenoxy) is 1. The third kappa shape index (κ3) is 5.21.